The molecular formula is C10H14ClN3. The van der Waals surface area contributed by atoms with Crippen molar-refractivity contribution >= 4 is 11.6 Å². The molecule has 0 N–H and O–H groups in total. The van der Waals surface area contributed by atoms with Crippen molar-refractivity contribution in [2.24, 2.45) is 0 Å². The summed E-state index contributed by atoms with van der Waals surface area (Å²) in [6, 6.07) is 0. The van der Waals surface area contributed by atoms with Crippen LogP contribution in [0.15, 0.2) is 6.20 Å². The molecule has 14 heavy (non-hydrogen) atoms. The smallest absolute Gasteiger partial charge is 0.136 e. The van der Waals surface area contributed by atoms with Crippen LogP contribution < -0.4 is 0 Å². The largest absolute Gasteiger partial charge is 0.306 e. The summed E-state index contributed by atoms with van der Waals surface area (Å²) in [5.74, 6) is 1.25. The van der Waals surface area contributed by atoms with Crippen LogP contribution in [-0.2, 0) is 0 Å². The van der Waals surface area contributed by atoms with Gasteiger partial charge in [-0.2, -0.15) is 0 Å². The molecule has 1 unspecified atom stereocenters. The molecular weight excluding hydrogens is 198 g/mol. The average Bonchev–Trinajstić information content (AvgIpc) is 2.51. The molecule has 1 aliphatic heterocycles. The summed E-state index contributed by atoms with van der Waals surface area (Å²) in [5, 5.41) is 0.623. The Labute approximate surface area is 89.1 Å². The van der Waals surface area contributed by atoms with E-state index in [1.807, 2.05) is 13.1 Å². The molecule has 1 aromatic rings. The van der Waals surface area contributed by atoms with Gasteiger partial charge < -0.3 is 4.90 Å². The number of nitrogens with zero attached hydrogens (tertiary/aromatic N) is 3. The fourth-order valence-corrected chi connectivity index (χ4v) is 2.24. The summed E-state index contributed by atoms with van der Waals surface area (Å²) in [7, 11) is 2.13. The van der Waals surface area contributed by atoms with Gasteiger partial charge in [-0.05, 0) is 26.9 Å². The Kier molecular flexibility index (Phi) is 2.70. The Balaban J connectivity index is 2.24. The van der Waals surface area contributed by atoms with Crippen molar-refractivity contribution in [3.63, 3.8) is 0 Å². The lowest BCUT2D eigenvalue weighted by molar-refractivity contribution is 0.411. The third kappa shape index (κ3) is 1.88. The SMILES string of the molecule is Cc1ncc(C2CCN(C)C2)c(Cl)n1. The van der Waals surface area contributed by atoms with Gasteiger partial charge in [0.15, 0.2) is 0 Å². The van der Waals surface area contributed by atoms with Crippen LogP contribution in [0.3, 0.4) is 0 Å². The lowest BCUT2D eigenvalue weighted by atomic mass is 10.0. The van der Waals surface area contributed by atoms with Crippen molar-refractivity contribution in [3.05, 3.63) is 22.7 Å². The maximum atomic E-state index is 6.09. The second-order valence-corrected chi connectivity index (χ2v) is 4.27. The first-order valence-corrected chi connectivity index (χ1v) is 5.22. The van der Waals surface area contributed by atoms with Gasteiger partial charge in [0.05, 0.1) is 0 Å². The Morgan fingerprint density at radius 3 is 2.93 bits per heavy atom. The summed E-state index contributed by atoms with van der Waals surface area (Å²) < 4.78 is 0. The molecule has 1 saturated heterocycles. The highest BCUT2D eigenvalue weighted by atomic mass is 35.5. The van der Waals surface area contributed by atoms with E-state index in [4.69, 9.17) is 11.6 Å². The maximum absolute atomic E-state index is 6.09. The van der Waals surface area contributed by atoms with Gasteiger partial charge >= 0.3 is 0 Å². The summed E-state index contributed by atoms with van der Waals surface area (Å²) in [5.41, 5.74) is 1.10. The van der Waals surface area contributed by atoms with E-state index in [1.165, 1.54) is 0 Å². The van der Waals surface area contributed by atoms with Crippen LogP contribution in [0, 0.1) is 6.92 Å². The standard InChI is InChI=1S/C10H14ClN3/c1-7-12-5-9(10(11)13-7)8-3-4-14(2)6-8/h5,8H,3-4,6H2,1-2H3. The van der Waals surface area contributed by atoms with Crippen LogP contribution in [0.5, 0.6) is 0 Å². The van der Waals surface area contributed by atoms with Gasteiger partial charge in [0, 0.05) is 24.2 Å². The van der Waals surface area contributed by atoms with Gasteiger partial charge in [0.25, 0.3) is 0 Å². The molecule has 76 valence electrons. The molecule has 1 fully saturated rings. The molecule has 2 heterocycles. The van der Waals surface area contributed by atoms with Crippen LogP contribution in [-0.4, -0.2) is 35.0 Å². The molecule has 0 saturated carbocycles. The number of halogens is 1. The summed E-state index contributed by atoms with van der Waals surface area (Å²) in [6.45, 7) is 4.05. The number of likely N-dealkylation sites (N-methyl/N-ethyl adjacent to an activating group) is 1. The molecule has 3 nitrogen and oxygen atoms in total. The van der Waals surface area contributed by atoms with Crippen LogP contribution in [0.4, 0.5) is 0 Å². The second kappa shape index (κ2) is 3.83. The number of aromatic nitrogens is 2. The van der Waals surface area contributed by atoms with Gasteiger partial charge in [-0.15, -0.1) is 0 Å². The molecule has 0 bridgehead atoms. The van der Waals surface area contributed by atoms with Crippen molar-refractivity contribution in [1.29, 1.82) is 0 Å². The summed E-state index contributed by atoms with van der Waals surface area (Å²) >= 11 is 6.09. The maximum Gasteiger partial charge on any atom is 0.136 e. The lowest BCUT2D eigenvalue weighted by Crippen LogP contribution is -2.13. The Bertz CT molecular complexity index is 340. The van der Waals surface area contributed by atoms with Crippen molar-refractivity contribution in [2.45, 2.75) is 19.3 Å². The zero-order valence-corrected chi connectivity index (χ0v) is 9.25. The number of aryl methyl sites for hydroxylation is 1. The minimum atomic E-state index is 0.507. The van der Waals surface area contributed by atoms with Crippen molar-refractivity contribution < 1.29 is 0 Å². The molecule has 2 rings (SSSR count). The predicted octanol–water partition coefficient (Wildman–Crippen LogP) is 1.86. The molecule has 1 aromatic heterocycles. The summed E-state index contributed by atoms with van der Waals surface area (Å²) in [4.78, 5) is 10.7. The second-order valence-electron chi connectivity index (χ2n) is 3.91. The van der Waals surface area contributed by atoms with E-state index in [0.717, 1.165) is 30.9 Å². The first kappa shape index (κ1) is 9.87. The van der Waals surface area contributed by atoms with Crippen LogP contribution in [0.2, 0.25) is 5.15 Å². The van der Waals surface area contributed by atoms with E-state index in [9.17, 15) is 0 Å². The summed E-state index contributed by atoms with van der Waals surface area (Å²) in [6.07, 6.45) is 3.02. The highest BCUT2D eigenvalue weighted by molar-refractivity contribution is 6.30. The van der Waals surface area contributed by atoms with Gasteiger partial charge in [-0.3, -0.25) is 0 Å². The quantitative estimate of drug-likeness (QED) is 0.664. The van der Waals surface area contributed by atoms with Gasteiger partial charge in [-0.25, -0.2) is 9.97 Å². The van der Waals surface area contributed by atoms with Crippen LogP contribution in [0.25, 0.3) is 0 Å². The number of hydrogen-bond acceptors (Lipinski definition) is 3. The molecule has 1 atom stereocenters. The molecule has 0 amide bonds. The van der Waals surface area contributed by atoms with Gasteiger partial charge in [0.1, 0.15) is 11.0 Å². The highest BCUT2D eigenvalue weighted by Gasteiger charge is 2.23. The number of likely N-dealkylation sites (tertiary alicyclic amines) is 1. The van der Waals surface area contributed by atoms with E-state index >= 15 is 0 Å². The van der Waals surface area contributed by atoms with Crippen molar-refractivity contribution in [3.8, 4) is 0 Å². The Morgan fingerprint density at radius 2 is 2.36 bits per heavy atom. The molecule has 0 radical (unpaired) electrons. The zero-order chi connectivity index (χ0) is 10.1. The fourth-order valence-electron chi connectivity index (χ4n) is 1.91. The Morgan fingerprint density at radius 1 is 1.57 bits per heavy atom. The minimum absolute atomic E-state index is 0.507. The lowest BCUT2D eigenvalue weighted by Gasteiger charge is -2.11. The topological polar surface area (TPSA) is 29.0 Å². The predicted molar refractivity (Wildman–Crippen MR) is 56.6 cm³/mol. The van der Waals surface area contributed by atoms with Crippen LogP contribution >= 0.6 is 11.6 Å². The molecule has 0 aliphatic carbocycles. The Hall–Kier alpha value is -0.670. The van der Waals surface area contributed by atoms with Crippen LogP contribution in [0.1, 0.15) is 23.7 Å². The van der Waals surface area contributed by atoms with E-state index in [-0.39, 0.29) is 0 Å². The molecule has 0 aromatic carbocycles. The van der Waals surface area contributed by atoms with Gasteiger partial charge in [0.2, 0.25) is 0 Å². The van der Waals surface area contributed by atoms with E-state index in [1.54, 1.807) is 0 Å². The normalized spacial score (nSPS) is 22.9. The van der Waals surface area contributed by atoms with Crippen molar-refractivity contribution in [1.82, 2.24) is 14.9 Å². The minimum Gasteiger partial charge on any atom is -0.306 e. The molecule has 1 aliphatic rings. The first-order valence-electron chi connectivity index (χ1n) is 4.84. The van der Waals surface area contributed by atoms with E-state index in [0.29, 0.717) is 11.1 Å². The molecule has 4 heteroatoms. The average molecular weight is 212 g/mol. The first-order chi connectivity index (χ1) is 6.66. The fraction of sp³-hybridized carbons (Fsp3) is 0.600. The third-order valence-electron chi connectivity index (χ3n) is 2.72. The van der Waals surface area contributed by atoms with Crippen molar-refractivity contribution in [2.75, 3.05) is 20.1 Å². The third-order valence-corrected chi connectivity index (χ3v) is 3.02. The zero-order valence-electron chi connectivity index (χ0n) is 8.50. The number of rotatable bonds is 1. The van der Waals surface area contributed by atoms with Gasteiger partial charge in [-0.1, -0.05) is 11.6 Å². The molecule has 0 spiro atoms. The highest BCUT2D eigenvalue weighted by Crippen LogP contribution is 2.29. The van der Waals surface area contributed by atoms with E-state index < -0.39 is 0 Å². The van der Waals surface area contributed by atoms with E-state index in [2.05, 4.69) is 21.9 Å². The number of hydrogen-bond donors (Lipinski definition) is 0. The monoisotopic (exact) mass is 211 g/mol.